The molecule has 1 aromatic carbocycles. The Hall–Kier alpha value is -3.22. The van der Waals surface area contributed by atoms with Crippen molar-refractivity contribution in [2.45, 2.75) is 18.9 Å². The van der Waals surface area contributed by atoms with Crippen LogP contribution in [0.5, 0.6) is 11.5 Å². The molecule has 0 saturated carbocycles. The van der Waals surface area contributed by atoms with Gasteiger partial charge in [0.05, 0.1) is 26.5 Å². The van der Waals surface area contributed by atoms with E-state index in [1.54, 1.807) is 31.3 Å². The van der Waals surface area contributed by atoms with Crippen molar-refractivity contribution < 1.29 is 28.2 Å². The van der Waals surface area contributed by atoms with Crippen molar-refractivity contribution >= 4 is 18.0 Å². The van der Waals surface area contributed by atoms with Crippen molar-refractivity contribution in [3.8, 4) is 11.5 Å². The lowest BCUT2D eigenvalue weighted by molar-refractivity contribution is -0.148. The van der Waals surface area contributed by atoms with E-state index in [0.717, 1.165) is 18.4 Å². The summed E-state index contributed by atoms with van der Waals surface area (Å²) in [5, 5.41) is 0. The number of furan rings is 1. The third-order valence-corrected chi connectivity index (χ3v) is 4.63. The second kappa shape index (κ2) is 9.12. The molecule has 0 bridgehead atoms. The van der Waals surface area contributed by atoms with Gasteiger partial charge in [-0.25, -0.2) is 4.79 Å². The fraction of sp³-hybridized carbons (Fsp3) is 0.333. The Bertz CT molecular complexity index is 843. The van der Waals surface area contributed by atoms with Crippen LogP contribution in [-0.4, -0.2) is 44.1 Å². The average Bonchev–Trinajstić information content (AvgIpc) is 3.41. The van der Waals surface area contributed by atoms with E-state index in [2.05, 4.69) is 0 Å². The Morgan fingerprint density at radius 3 is 2.82 bits per heavy atom. The van der Waals surface area contributed by atoms with Gasteiger partial charge in [-0.15, -0.1) is 0 Å². The van der Waals surface area contributed by atoms with Gasteiger partial charge in [0, 0.05) is 18.2 Å². The summed E-state index contributed by atoms with van der Waals surface area (Å²) in [5.74, 6) is 1.09. The molecule has 2 heterocycles. The zero-order valence-corrected chi connectivity index (χ0v) is 15.9. The number of hydrogen-bond donors (Lipinski definition) is 0. The number of amides is 1. The summed E-state index contributed by atoms with van der Waals surface area (Å²) < 4.78 is 20.9. The topological polar surface area (TPSA) is 78.2 Å². The number of carbonyl (C=O) groups is 2. The molecule has 2 aromatic rings. The fourth-order valence-electron chi connectivity index (χ4n) is 3.29. The standard InChI is InChI=1S/C21H23NO6/c1-25-16-7-9-19(26-2)17(13-16)18-6-3-11-22(18)20(23)14-28-21(24)10-8-15-5-4-12-27-15/h4-5,7-10,12-13,18H,3,6,11,14H2,1-2H3/b10-8+/t18-/m0/s1. The number of ether oxygens (including phenoxy) is 3. The monoisotopic (exact) mass is 385 g/mol. The number of benzene rings is 1. The first kappa shape index (κ1) is 19.5. The Morgan fingerprint density at radius 1 is 1.25 bits per heavy atom. The minimum Gasteiger partial charge on any atom is -0.497 e. The van der Waals surface area contributed by atoms with Crippen LogP contribution in [0.4, 0.5) is 0 Å². The summed E-state index contributed by atoms with van der Waals surface area (Å²) in [6.45, 7) is 0.285. The molecule has 1 atom stereocenters. The molecule has 7 nitrogen and oxygen atoms in total. The van der Waals surface area contributed by atoms with Crippen molar-refractivity contribution in [3.05, 3.63) is 54.0 Å². The maximum absolute atomic E-state index is 12.7. The number of nitrogens with zero attached hydrogens (tertiary/aromatic N) is 1. The minimum atomic E-state index is -0.598. The molecule has 0 N–H and O–H groups in total. The number of methoxy groups -OCH3 is 2. The third kappa shape index (κ3) is 4.54. The van der Waals surface area contributed by atoms with E-state index in [-0.39, 0.29) is 18.6 Å². The van der Waals surface area contributed by atoms with E-state index < -0.39 is 5.97 Å². The molecule has 1 fully saturated rings. The number of likely N-dealkylation sites (tertiary alicyclic amines) is 1. The highest BCUT2D eigenvalue weighted by molar-refractivity contribution is 5.89. The molecule has 3 rings (SSSR count). The highest BCUT2D eigenvalue weighted by Crippen LogP contribution is 2.38. The van der Waals surface area contributed by atoms with Gasteiger partial charge < -0.3 is 23.5 Å². The Labute approximate surface area is 163 Å². The van der Waals surface area contributed by atoms with Crippen LogP contribution in [0.2, 0.25) is 0 Å². The highest BCUT2D eigenvalue weighted by atomic mass is 16.5. The minimum absolute atomic E-state index is 0.144. The van der Waals surface area contributed by atoms with E-state index in [1.165, 1.54) is 18.4 Å². The molecule has 1 saturated heterocycles. The van der Waals surface area contributed by atoms with E-state index in [4.69, 9.17) is 18.6 Å². The first-order valence-electron chi connectivity index (χ1n) is 9.02. The van der Waals surface area contributed by atoms with E-state index in [0.29, 0.717) is 23.8 Å². The maximum atomic E-state index is 12.7. The molecule has 0 spiro atoms. The zero-order chi connectivity index (χ0) is 19.9. The number of hydrogen-bond acceptors (Lipinski definition) is 6. The van der Waals surface area contributed by atoms with Crippen LogP contribution >= 0.6 is 0 Å². The van der Waals surface area contributed by atoms with Gasteiger partial charge >= 0.3 is 5.97 Å². The molecule has 7 heteroatoms. The van der Waals surface area contributed by atoms with Crippen molar-refractivity contribution in [1.29, 1.82) is 0 Å². The van der Waals surface area contributed by atoms with Gasteiger partial charge in [0.15, 0.2) is 6.61 Å². The fourth-order valence-corrected chi connectivity index (χ4v) is 3.29. The summed E-state index contributed by atoms with van der Waals surface area (Å²) in [7, 11) is 3.19. The third-order valence-electron chi connectivity index (χ3n) is 4.63. The Morgan fingerprint density at radius 2 is 2.11 bits per heavy atom. The number of rotatable bonds is 7. The molecular formula is C21H23NO6. The summed E-state index contributed by atoms with van der Waals surface area (Å²) in [4.78, 5) is 26.2. The van der Waals surface area contributed by atoms with Crippen LogP contribution in [0, 0.1) is 0 Å². The van der Waals surface area contributed by atoms with Gasteiger partial charge in [-0.1, -0.05) is 0 Å². The van der Waals surface area contributed by atoms with Gasteiger partial charge in [0.2, 0.25) is 0 Å². The van der Waals surface area contributed by atoms with Gasteiger partial charge in [-0.3, -0.25) is 4.79 Å². The van der Waals surface area contributed by atoms with Gasteiger partial charge in [0.1, 0.15) is 17.3 Å². The number of carbonyl (C=O) groups excluding carboxylic acids is 2. The van der Waals surface area contributed by atoms with Gasteiger partial charge in [-0.2, -0.15) is 0 Å². The second-order valence-corrected chi connectivity index (χ2v) is 6.31. The molecule has 1 aliphatic heterocycles. The predicted octanol–water partition coefficient (Wildman–Crippen LogP) is 3.22. The van der Waals surface area contributed by atoms with Crippen LogP contribution in [0.3, 0.4) is 0 Å². The van der Waals surface area contributed by atoms with Crippen LogP contribution < -0.4 is 9.47 Å². The molecular weight excluding hydrogens is 362 g/mol. The summed E-state index contributed by atoms with van der Waals surface area (Å²) in [5.41, 5.74) is 0.886. The molecule has 0 radical (unpaired) electrons. The van der Waals surface area contributed by atoms with Gasteiger partial charge in [-0.05, 0) is 49.2 Å². The predicted molar refractivity (Wildman–Crippen MR) is 102 cm³/mol. The lowest BCUT2D eigenvalue weighted by Gasteiger charge is -2.26. The van der Waals surface area contributed by atoms with E-state index >= 15 is 0 Å². The molecule has 1 aromatic heterocycles. The summed E-state index contributed by atoms with van der Waals surface area (Å²) >= 11 is 0. The Balaban J connectivity index is 1.64. The molecule has 1 aliphatic rings. The molecule has 148 valence electrons. The summed E-state index contributed by atoms with van der Waals surface area (Å²) in [6.07, 6.45) is 5.91. The van der Waals surface area contributed by atoms with Crippen LogP contribution in [0.25, 0.3) is 6.08 Å². The molecule has 28 heavy (non-hydrogen) atoms. The maximum Gasteiger partial charge on any atom is 0.331 e. The summed E-state index contributed by atoms with van der Waals surface area (Å²) in [6, 6.07) is 8.81. The van der Waals surface area contributed by atoms with E-state index in [1.807, 2.05) is 18.2 Å². The van der Waals surface area contributed by atoms with Crippen molar-refractivity contribution in [2.75, 3.05) is 27.4 Å². The SMILES string of the molecule is COc1ccc(OC)c([C@@H]2CCCN2C(=O)COC(=O)/C=C/c2ccco2)c1. The van der Waals surface area contributed by atoms with Gasteiger partial charge in [0.25, 0.3) is 5.91 Å². The van der Waals surface area contributed by atoms with Crippen LogP contribution in [-0.2, 0) is 14.3 Å². The zero-order valence-electron chi connectivity index (χ0n) is 15.9. The number of esters is 1. The molecule has 0 unspecified atom stereocenters. The highest BCUT2D eigenvalue weighted by Gasteiger charge is 2.32. The van der Waals surface area contributed by atoms with Crippen molar-refractivity contribution in [3.63, 3.8) is 0 Å². The lowest BCUT2D eigenvalue weighted by atomic mass is 10.0. The second-order valence-electron chi connectivity index (χ2n) is 6.31. The molecule has 1 amide bonds. The van der Waals surface area contributed by atoms with Crippen molar-refractivity contribution in [2.24, 2.45) is 0 Å². The quantitative estimate of drug-likeness (QED) is 0.538. The first-order chi connectivity index (χ1) is 13.6. The van der Waals surface area contributed by atoms with E-state index in [9.17, 15) is 9.59 Å². The van der Waals surface area contributed by atoms with Crippen LogP contribution in [0.15, 0.2) is 47.1 Å². The normalized spacial score (nSPS) is 16.4. The molecule has 0 aliphatic carbocycles. The average molecular weight is 385 g/mol. The smallest absolute Gasteiger partial charge is 0.331 e. The Kier molecular flexibility index (Phi) is 6.37. The first-order valence-corrected chi connectivity index (χ1v) is 9.02. The van der Waals surface area contributed by atoms with Crippen molar-refractivity contribution in [1.82, 2.24) is 4.90 Å². The largest absolute Gasteiger partial charge is 0.497 e. The van der Waals surface area contributed by atoms with Crippen LogP contribution in [0.1, 0.15) is 30.2 Å². The lowest BCUT2D eigenvalue weighted by Crippen LogP contribution is -2.34.